The molecule has 130 valence electrons. The Morgan fingerprint density at radius 1 is 0.962 bits per heavy atom. The van der Waals surface area contributed by atoms with E-state index < -0.39 is 5.97 Å². The Labute approximate surface area is 160 Å². The second-order valence-corrected chi connectivity index (χ2v) is 7.77. The average molecular weight is 402 g/mol. The number of esters is 1. The average Bonchev–Trinajstić information content (AvgIpc) is 3.41. The first-order chi connectivity index (χ1) is 12.7. The Balaban J connectivity index is 1.40. The van der Waals surface area contributed by atoms with Crippen LogP contribution in [-0.2, 0) is 11.3 Å². The highest BCUT2D eigenvalue weighted by atomic mass is 32.1. The van der Waals surface area contributed by atoms with Crippen molar-refractivity contribution in [1.29, 1.82) is 0 Å². The molecule has 0 atom stereocenters. The SMILES string of the molecule is O=C(OCc1csc(-c2ccsc2)n1)c1csc(-c2ccc(F)cc2)n1. The van der Waals surface area contributed by atoms with Crippen LogP contribution >= 0.6 is 34.0 Å². The molecule has 0 unspecified atom stereocenters. The maximum Gasteiger partial charge on any atom is 0.358 e. The van der Waals surface area contributed by atoms with Gasteiger partial charge in [-0.15, -0.1) is 22.7 Å². The van der Waals surface area contributed by atoms with E-state index in [2.05, 4.69) is 9.97 Å². The quantitative estimate of drug-likeness (QED) is 0.414. The first-order valence-corrected chi connectivity index (χ1v) is 10.2. The lowest BCUT2D eigenvalue weighted by atomic mass is 10.2. The van der Waals surface area contributed by atoms with Crippen molar-refractivity contribution < 1.29 is 13.9 Å². The van der Waals surface area contributed by atoms with Gasteiger partial charge in [0, 0.05) is 27.3 Å². The van der Waals surface area contributed by atoms with Gasteiger partial charge in [-0.2, -0.15) is 11.3 Å². The lowest BCUT2D eigenvalue weighted by molar-refractivity contribution is 0.0462. The van der Waals surface area contributed by atoms with Crippen LogP contribution in [0.4, 0.5) is 4.39 Å². The molecule has 3 heterocycles. The van der Waals surface area contributed by atoms with Gasteiger partial charge in [-0.1, -0.05) is 0 Å². The molecule has 0 spiro atoms. The molecule has 0 bridgehead atoms. The zero-order valence-corrected chi connectivity index (χ0v) is 15.7. The third-order valence-corrected chi connectivity index (χ3v) is 5.99. The van der Waals surface area contributed by atoms with Gasteiger partial charge in [-0.3, -0.25) is 0 Å². The molecule has 0 amide bonds. The molecule has 0 fully saturated rings. The largest absolute Gasteiger partial charge is 0.454 e. The second-order valence-electron chi connectivity index (χ2n) is 5.28. The fourth-order valence-electron chi connectivity index (χ4n) is 2.20. The summed E-state index contributed by atoms with van der Waals surface area (Å²) in [5, 5.41) is 9.09. The van der Waals surface area contributed by atoms with Gasteiger partial charge in [0.05, 0.1) is 5.69 Å². The van der Waals surface area contributed by atoms with E-state index in [0.717, 1.165) is 16.1 Å². The van der Waals surface area contributed by atoms with Crippen molar-refractivity contribution in [3.8, 4) is 21.1 Å². The predicted molar refractivity (Wildman–Crippen MR) is 102 cm³/mol. The van der Waals surface area contributed by atoms with Gasteiger partial charge in [0.25, 0.3) is 0 Å². The number of hydrogen-bond donors (Lipinski definition) is 0. The minimum atomic E-state index is -0.500. The Hall–Kier alpha value is -2.42. The van der Waals surface area contributed by atoms with Gasteiger partial charge in [0.15, 0.2) is 5.69 Å². The Bertz CT molecular complexity index is 1020. The zero-order valence-electron chi connectivity index (χ0n) is 13.2. The van der Waals surface area contributed by atoms with Gasteiger partial charge in [-0.25, -0.2) is 19.2 Å². The van der Waals surface area contributed by atoms with Gasteiger partial charge < -0.3 is 4.74 Å². The zero-order chi connectivity index (χ0) is 17.9. The number of carbonyl (C=O) groups is 1. The van der Waals surface area contributed by atoms with E-state index in [1.807, 2.05) is 22.2 Å². The van der Waals surface area contributed by atoms with Crippen LogP contribution < -0.4 is 0 Å². The Morgan fingerprint density at radius 2 is 1.73 bits per heavy atom. The van der Waals surface area contributed by atoms with E-state index >= 15 is 0 Å². The third-order valence-electron chi connectivity index (χ3n) is 3.48. The number of nitrogens with zero attached hydrogens (tertiary/aromatic N) is 2. The normalized spacial score (nSPS) is 10.8. The van der Waals surface area contributed by atoms with E-state index in [1.165, 1.54) is 34.8 Å². The smallest absolute Gasteiger partial charge is 0.358 e. The molecule has 26 heavy (non-hydrogen) atoms. The number of carbonyl (C=O) groups excluding carboxylic acids is 1. The molecule has 4 aromatic rings. The molecule has 0 radical (unpaired) electrons. The first-order valence-electron chi connectivity index (χ1n) is 7.54. The third kappa shape index (κ3) is 3.72. The molecule has 0 aliphatic rings. The summed E-state index contributed by atoms with van der Waals surface area (Å²) < 4.78 is 18.3. The standard InChI is InChI=1S/C18H11FN2O2S3/c19-13-3-1-11(2-4-13)16-21-15(10-26-16)18(22)23-7-14-9-25-17(20-14)12-5-6-24-8-12/h1-6,8-10H,7H2. The number of hydrogen-bond acceptors (Lipinski definition) is 7. The lowest BCUT2D eigenvalue weighted by Crippen LogP contribution is -2.05. The van der Waals surface area contributed by atoms with Gasteiger partial charge >= 0.3 is 5.97 Å². The van der Waals surface area contributed by atoms with Gasteiger partial charge in [0.2, 0.25) is 0 Å². The van der Waals surface area contributed by atoms with Crippen LogP contribution in [0.25, 0.3) is 21.1 Å². The highest BCUT2D eigenvalue weighted by Gasteiger charge is 2.14. The van der Waals surface area contributed by atoms with Crippen molar-refractivity contribution in [2.75, 3.05) is 0 Å². The summed E-state index contributed by atoms with van der Waals surface area (Å²) in [6, 6.07) is 7.99. The summed E-state index contributed by atoms with van der Waals surface area (Å²) >= 11 is 4.45. The number of halogens is 1. The lowest BCUT2D eigenvalue weighted by Gasteiger charge is -2.00. The monoisotopic (exact) mass is 402 g/mol. The summed E-state index contributed by atoms with van der Waals surface area (Å²) in [7, 11) is 0. The van der Waals surface area contributed by atoms with Crippen LogP contribution in [0.5, 0.6) is 0 Å². The number of rotatable bonds is 5. The topological polar surface area (TPSA) is 52.1 Å². The van der Waals surface area contributed by atoms with E-state index in [4.69, 9.17) is 4.74 Å². The summed E-state index contributed by atoms with van der Waals surface area (Å²) in [6.45, 7) is 0.100. The molecule has 0 aliphatic carbocycles. The Morgan fingerprint density at radius 3 is 2.50 bits per heavy atom. The van der Waals surface area contributed by atoms with Crippen molar-refractivity contribution >= 4 is 40.0 Å². The van der Waals surface area contributed by atoms with Crippen LogP contribution in [0.3, 0.4) is 0 Å². The minimum Gasteiger partial charge on any atom is -0.454 e. The summed E-state index contributed by atoms with van der Waals surface area (Å²) in [4.78, 5) is 20.9. The molecule has 3 aromatic heterocycles. The van der Waals surface area contributed by atoms with Crippen LogP contribution in [0.2, 0.25) is 0 Å². The van der Waals surface area contributed by atoms with Crippen molar-refractivity contribution in [2.24, 2.45) is 0 Å². The minimum absolute atomic E-state index is 0.100. The molecular formula is C18H11FN2O2S3. The maximum atomic E-state index is 13.0. The number of thiazole rings is 2. The summed E-state index contributed by atoms with van der Waals surface area (Å²) in [5.74, 6) is -0.810. The van der Waals surface area contributed by atoms with Crippen LogP contribution in [0, 0.1) is 5.82 Å². The number of thiophene rings is 1. The van der Waals surface area contributed by atoms with E-state index in [1.54, 1.807) is 28.8 Å². The van der Waals surface area contributed by atoms with Crippen molar-refractivity contribution in [3.05, 3.63) is 69.1 Å². The molecule has 0 N–H and O–H groups in total. The molecule has 4 rings (SSSR count). The molecule has 8 heteroatoms. The molecule has 0 saturated heterocycles. The highest BCUT2D eigenvalue weighted by molar-refractivity contribution is 7.14. The van der Waals surface area contributed by atoms with Crippen LogP contribution in [0.15, 0.2) is 51.9 Å². The number of benzene rings is 1. The first kappa shape index (κ1) is 17.0. The molecule has 0 saturated carbocycles. The number of aromatic nitrogens is 2. The predicted octanol–water partition coefficient (Wildman–Crippen LogP) is 5.49. The second kappa shape index (κ2) is 7.45. The van der Waals surface area contributed by atoms with E-state index in [0.29, 0.717) is 10.7 Å². The maximum absolute atomic E-state index is 13.0. The molecule has 4 nitrogen and oxygen atoms in total. The van der Waals surface area contributed by atoms with Crippen molar-refractivity contribution in [3.63, 3.8) is 0 Å². The van der Waals surface area contributed by atoms with Crippen LogP contribution in [-0.4, -0.2) is 15.9 Å². The molecule has 0 aliphatic heterocycles. The molecular weight excluding hydrogens is 391 g/mol. The van der Waals surface area contributed by atoms with E-state index in [-0.39, 0.29) is 18.1 Å². The fraction of sp³-hybridized carbons (Fsp3) is 0.0556. The fourth-order valence-corrected chi connectivity index (χ4v) is 4.51. The van der Waals surface area contributed by atoms with Crippen molar-refractivity contribution in [2.45, 2.75) is 6.61 Å². The summed E-state index contributed by atoms with van der Waals surface area (Å²) in [5.41, 5.74) is 2.78. The van der Waals surface area contributed by atoms with Gasteiger partial charge in [-0.05, 0) is 35.7 Å². The number of ether oxygens (including phenoxy) is 1. The Kier molecular flexibility index (Phi) is 4.87. The van der Waals surface area contributed by atoms with Crippen LogP contribution in [0.1, 0.15) is 16.2 Å². The highest BCUT2D eigenvalue weighted by Crippen LogP contribution is 2.27. The summed E-state index contributed by atoms with van der Waals surface area (Å²) in [6.07, 6.45) is 0. The van der Waals surface area contributed by atoms with Crippen molar-refractivity contribution in [1.82, 2.24) is 9.97 Å². The van der Waals surface area contributed by atoms with Gasteiger partial charge in [0.1, 0.15) is 22.4 Å². The molecule has 1 aromatic carbocycles. The van der Waals surface area contributed by atoms with E-state index in [9.17, 15) is 9.18 Å².